The molecule has 0 bridgehead atoms. The Bertz CT molecular complexity index is 1530. The van der Waals surface area contributed by atoms with Crippen molar-refractivity contribution in [2.75, 3.05) is 18.5 Å². The molecule has 194 valence electrons. The van der Waals surface area contributed by atoms with E-state index in [1.807, 2.05) is 16.8 Å². The number of nitriles is 1. The smallest absolute Gasteiger partial charge is 0.261 e. The molecule has 3 aliphatic rings. The topological polar surface area (TPSA) is 133 Å². The molecule has 0 amide bonds. The van der Waals surface area contributed by atoms with Gasteiger partial charge in [-0.3, -0.25) is 9.48 Å². The van der Waals surface area contributed by atoms with Crippen molar-refractivity contribution in [1.29, 1.82) is 5.26 Å². The van der Waals surface area contributed by atoms with Crippen LogP contribution in [0.25, 0.3) is 10.9 Å². The molecule has 2 atom stereocenters. The number of benzene rings is 1. The van der Waals surface area contributed by atoms with E-state index < -0.39 is 10.0 Å². The molecule has 10 nitrogen and oxygen atoms in total. The van der Waals surface area contributed by atoms with E-state index in [4.69, 9.17) is 9.84 Å². The van der Waals surface area contributed by atoms with Crippen LogP contribution in [0.4, 0.5) is 11.5 Å². The number of ether oxygens (including phenoxy) is 1. The summed E-state index contributed by atoms with van der Waals surface area (Å²) in [4.78, 5) is 16.0. The summed E-state index contributed by atoms with van der Waals surface area (Å²) >= 11 is 0. The minimum absolute atomic E-state index is 0.0617. The standard InChI is InChI=1S/C26H30N6O4S/c27-15-17-4-2-1-3-5-21(17)32-22-8-11-28-26(33)24(22)25(30-32)29-19-6-7-23-18(14-19)16-31(37(23,34)35)20-9-12-36-13-10-20/h6-8,11,14,17,20-21H,1-5,9-10,12-13,16H2,(H,28,33)(H,29,30). The fourth-order valence-electron chi connectivity index (χ4n) is 6.02. The molecule has 11 heteroatoms. The molecule has 1 aromatic carbocycles. The van der Waals surface area contributed by atoms with Gasteiger partial charge in [0.05, 0.1) is 28.4 Å². The number of hydrogen-bond donors (Lipinski definition) is 2. The highest BCUT2D eigenvalue weighted by atomic mass is 32.2. The second-order valence-electron chi connectivity index (χ2n) is 10.1. The number of sulfonamides is 1. The highest BCUT2D eigenvalue weighted by Gasteiger charge is 2.39. The molecule has 4 heterocycles. The monoisotopic (exact) mass is 522 g/mol. The number of aromatic nitrogens is 3. The van der Waals surface area contributed by atoms with E-state index >= 15 is 0 Å². The number of fused-ring (bicyclic) bond motifs is 2. The molecule has 2 aromatic heterocycles. The van der Waals surface area contributed by atoms with Gasteiger partial charge < -0.3 is 15.0 Å². The van der Waals surface area contributed by atoms with Crippen LogP contribution in [0.2, 0.25) is 0 Å². The van der Waals surface area contributed by atoms with Gasteiger partial charge in [0.1, 0.15) is 5.39 Å². The maximum atomic E-state index is 13.2. The number of aromatic amines is 1. The first-order valence-electron chi connectivity index (χ1n) is 13.0. The van der Waals surface area contributed by atoms with Crippen LogP contribution in [-0.4, -0.2) is 46.7 Å². The number of hydrogen-bond acceptors (Lipinski definition) is 7. The summed E-state index contributed by atoms with van der Waals surface area (Å²) in [5.41, 5.74) is 1.81. The molecule has 2 unspecified atom stereocenters. The predicted octanol–water partition coefficient (Wildman–Crippen LogP) is 3.80. The molecular weight excluding hydrogens is 492 g/mol. The Balaban J connectivity index is 1.35. The summed E-state index contributed by atoms with van der Waals surface area (Å²) < 4.78 is 35.3. The van der Waals surface area contributed by atoms with Crippen molar-refractivity contribution in [2.45, 2.75) is 68.5 Å². The lowest BCUT2D eigenvalue weighted by Crippen LogP contribution is -2.39. The molecular formula is C26H30N6O4S. The highest BCUT2D eigenvalue weighted by molar-refractivity contribution is 7.89. The van der Waals surface area contributed by atoms with Crippen LogP contribution < -0.4 is 10.9 Å². The number of pyridine rings is 1. The second-order valence-corrected chi connectivity index (χ2v) is 12.0. The zero-order valence-electron chi connectivity index (χ0n) is 20.5. The molecule has 2 fully saturated rings. The van der Waals surface area contributed by atoms with Crippen LogP contribution in [0.3, 0.4) is 0 Å². The van der Waals surface area contributed by atoms with Gasteiger partial charge in [-0.1, -0.05) is 19.3 Å². The quantitative estimate of drug-likeness (QED) is 0.498. The van der Waals surface area contributed by atoms with Crippen LogP contribution in [0.1, 0.15) is 56.6 Å². The number of H-pyrrole nitrogens is 1. The van der Waals surface area contributed by atoms with Crippen LogP contribution in [-0.2, 0) is 21.3 Å². The molecule has 2 aliphatic heterocycles. The van der Waals surface area contributed by atoms with Crippen molar-refractivity contribution < 1.29 is 13.2 Å². The number of nitrogens with zero attached hydrogens (tertiary/aromatic N) is 4. The van der Waals surface area contributed by atoms with Gasteiger partial charge >= 0.3 is 0 Å². The third-order valence-corrected chi connectivity index (χ3v) is 9.92. The lowest BCUT2D eigenvalue weighted by atomic mass is 9.96. The van der Waals surface area contributed by atoms with Crippen molar-refractivity contribution >= 4 is 32.4 Å². The molecule has 3 aromatic rings. The zero-order chi connectivity index (χ0) is 25.6. The van der Waals surface area contributed by atoms with Crippen molar-refractivity contribution in [3.05, 3.63) is 46.4 Å². The first kappa shape index (κ1) is 24.2. The molecule has 0 radical (unpaired) electrons. The van der Waals surface area contributed by atoms with Gasteiger partial charge in [0.2, 0.25) is 10.0 Å². The minimum Gasteiger partial charge on any atom is -0.381 e. The second kappa shape index (κ2) is 9.59. The van der Waals surface area contributed by atoms with E-state index in [2.05, 4.69) is 16.4 Å². The van der Waals surface area contributed by atoms with Gasteiger partial charge in [0, 0.05) is 37.7 Å². The van der Waals surface area contributed by atoms with Gasteiger partial charge in [-0.25, -0.2) is 8.42 Å². The van der Waals surface area contributed by atoms with Crippen LogP contribution >= 0.6 is 0 Å². The molecule has 6 rings (SSSR count). The Labute approximate surface area is 215 Å². The minimum atomic E-state index is -3.56. The van der Waals surface area contributed by atoms with Gasteiger partial charge in [-0.05, 0) is 55.5 Å². The molecule has 37 heavy (non-hydrogen) atoms. The third kappa shape index (κ3) is 4.23. The van der Waals surface area contributed by atoms with Crippen LogP contribution in [0.15, 0.2) is 40.2 Å². The first-order valence-corrected chi connectivity index (χ1v) is 14.4. The summed E-state index contributed by atoms with van der Waals surface area (Å²) in [7, 11) is -3.56. The third-order valence-electron chi connectivity index (χ3n) is 7.92. The average molecular weight is 523 g/mol. The summed E-state index contributed by atoms with van der Waals surface area (Å²) in [6, 6.07) is 9.30. The Hall–Kier alpha value is -3.20. The van der Waals surface area contributed by atoms with Gasteiger partial charge in [0.25, 0.3) is 5.56 Å². The van der Waals surface area contributed by atoms with Crippen molar-refractivity contribution in [3.8, 4) is 6.07 Å². The van der Waals surface area contributed by atoms with E-state index in [9.17, 15) is 18.5 Å². The summed E-state index contributed by atoms with van der Waals surface area (Å²) in [5, 5.41) is 18.4. The van der Waals surface area contributed by atoms with Crippen molar-refractivity contribution in [3.63, 3.8) is 0 Å². The Morgan fingerprint density at radius 1 is 1.11 bits per heavy atom. The lowest BCUT2D eigenvalue weighted by Gasteiger charge is -2.29. The maximum Gasteiger partial charge on any atom is 0.261 e. The highest BCUT2D eigenvalue weighted by Crippen LogP contribution is 2.38. The van der Waals surface area contributed by atoms with Crippen molar-refractivity contribution in [1.82, 2.24) is 19.1 Å². The maximum absolute atomic E-state index is 13.2. The molecule has 0 spiro atoms. The normalized spacial score (nSPS) is 24.4. The van der Waals surface area contributed by atoms with Gasteiger partial charge in [-0.2, -0.15) is 14.7 Å². The Morgan fingerprint density at radius 2 is 1.92 bits per heavy atom. The SMILES string of the molecule is N#CC1CCCCCC1n1nc(Nc2ccc3c(c2)CN(C2CCOCC2)S3(=O)=O)c2c(=O)[nH]ccc21. The van der Waals surface area contributed by atoms with Crippen molar-refractivity contribution in [2.24, 2.45) is 5.92 Å². The van der Waals surface area contributed by atoms with E-state index in [0.29, 0.717) is 59.9 Å². The van der Waals surface area contributed by atoms with E-state index in [0.717, 1.165) is 37.7 Å². The largest absolute Gasteiger partial charge is 0.381 e. The average Bonchev–Trinajstić information content (AvgIpc) is 3.27. The molecule has 1 saturated heterocycles. The van der Waals surface area contributed by atoms with Crippen LogP contribution in [0, 0.1) is 17.2 Å². The Kier molecular flexibility index (Phi) is 6.26. The van der Waals surface area contributed by atoms with E-state index in [1.54, 1.807) is 22.6 Å². The lowest BCUT2D eigenvalue weighted by molar-refractivity contribution is 0.0581. The molecule has 2 N–H and O–H groups in total. The number of anilines is 2. The summed E-state index contributed by atoms with van der Waals surface area (Å²) in [5.74, 6) is 0.235. The van der Waals surface area contributed by atoms with Gasteiger partial charge in [0.15, 0.2) is 5.82 Å². The molecule has 1 saturated carbocycles. The fourth-order valence-corrected chi connectivity index (χ4v) is 7.88. The summed E-state index contributed by atoms with van der Waals surface area (Å²) in [6.07, 6.45) is 7.75. The zero-order valence-corrected chi connectivity index (χ0v) is 21.3. The first-order chi connectivity index (χ1) is 18.0. The number of rotatable bonds is 4. The van der Waals surface area contributed by atoms with Crippen LogP contribution in [0.5, 0.6) is 0 Å². The summed E-state index contributed by atoms with van der Waals surface area (Å²) in [6.45, 7) is 1.45. The van der Waals surface area contributed by atoms with E-state index in [-0.39, 0.29) is 23.6 Å². The molecule has 1 aliphatic carbocycles. The predicted molar refractivity (Wildman–Crippen MR) is 138 cm³/mol. The van der Waals surface area contributed by atoms with E-state index in [1.165, 1.54) is 0 Å². The van der Waals surface area contributed by atoms with Gasteiger partial charge in [-0.15, -0.1) is 0 Å². The Morgan fingerprint density at radius 3 is 2.73 bits per heavy atom. The fraction of sp³-hybridized carbons (Fsp3) is 0.500. The number of nitrogens with one attached hydrogen (secondary N) is 2.